The van der Waals surface area contributed by atoms with E-state index in [1.165, 1.54) is 0 Å². The molecule has 0 aromatic heterocycles. The Morgan fingerprint density at radius 3 is 2.55 bits per heavy atom. The highest BCUT2D eigenvalue weighted by molar-refractivity contribution is 5.77. The van der Waals surface area contributed by atoms with Gasteiger partial charge in [0.15, 0.2) is 0 Å². The Bertz CT molecular complexity index is 387. The van der Waals surface area contributed by atoms with Gasteiger partial charge in [-0.2, -0.15) is 0 Å². The fraction of sp³-hybridized carbons (Fsp3) is 0.800. The van der Waals surface area contributed by atoms with Crippen LogP contribution in [0.5, 0.6) is 0 Å². The van der Waals surface area contributed by atoms with Crippen LogP contribution in [0.1, 0.15) is 51.4 Å². The van der Waals surface area contributed by atoms with E-state index in [0.717, 1.165) is 25.8 Å². The molecule has 0 spiro atoms. The lowest BCUT2D eigenvalue weighted by molar-refractivity contribution is -0.138. The maximum atomic E-state index is 12.3. The Labute approximate surface area is 131 Å². The Hall–Kier alpha value is -1.63. The fourth-order valence-electron chi connectivity index (χ4n) is 2.69. The van der Waals surface area contributed by atoms with Gasteiger partial charge in [-0.1, -0.05) is 0 Å². The molecule has 1 unspecified atom stereocenters. The van der Waals surface area contributed by atoms with Crippen LogP contribution in [-0.2, 0) is 14.4 Å². The monoisotopic (exact) mass is 313 g/mol. The zero-order valence-corrected chi connectivity index (χ0v) is 13.1. The number of likely N-dealkylation sites (tertiary alicyclic amines) is 1. The van der Waals surface area contributed by atoms with Crippen molar-refractivity contribution in [3.8, 4) is 0 Å². The smallest absolute Gasteiger partial charge is 0.303 e. The van der Waals surface area contributed by atoms with E-state index >= 15 is 0 Å². The number of nitrogens with one attached hydrogen (secondary N) is 1. The lowest BCUT2D eigenvalue weighted by Crippen LogP contribution is -2.49. The van der Waals surface area contributed by atoms with Crippen LogP contribution in [0.15, 0.2) is 0 Å². The third-order valence-corrected chi connectivity index (χ3v) is 3.89. The van der Waals surface area contributed by atoms with Crippen molar-refractivity contribution in [2.24, 2.45) is 5.73 Å². The Morgan fingerprint density at radius 2 is 1.86 bits per heavy atom. The number of aliphatic carboxylic acids is 1. The van der Waals surface area contributed by atoms with Crippen LogP contribution in [0.4, 0.5) is 0 Å². The molecule has 4 N–H and O–H groups in total. The Balaban J connectivity index is 2.37. The molecule has 126 valence electrons. The van der Waals surface area contributed by atoms with Gasteiger partial charge in [-0.3, -0.25) is 14.4 Å². The molecule has 2 amide bonds. The highest BCUT2D eigenvalue weighted by Gasteiger charge is 2.26. The van der Waals surface area contributed by atoms with Crippen LogP contribution in [0.2, 0.25) is 0 Å². The van der Waals surface area contributed by atoms with Crippen molar-refractivity contribution in [1.82, 2.24) is 10.2 Å². The predicted octanol–water partition coefficient (Wildman–Crippen LogP) is 0.478. The number of carboxylic acid groups (broad SMARTS) is 1. The highest BCUT2D eigenvalue weighted by Crippen LogP contribution is 2.18. The normalized spacial score (nSPS) is 18.0. The molecular weight excluding hydrogens is 286 g/mol. The number of hydrogen-bond acceptors (Lipinski definition) is 4. The molecule has 1 rings (SSSR count). The van der Waals surface area contributed by atoms with Crippen molar-refractivity contribution >= 4 is 17.8 Å². The summed E-state index contributed by atoms with van der Waals surface area (Å²) in [5, 5.41) is 11.4. The first-order valence-corrected chi connectivity index (χ1v) is 8.02. The van der Waals surface area contributed by atoms with Gasteiger partial charge >= 0.3 is 5.97 Å². The Kier molecular flexibility index (Phi) is 8.50. The van der Waals surface area contributed by atoms with Gasteiger partial charge < -0.3 is 21.1 Å². The number of nitrogens with zero attached hydrogens (tertiary/aromatic N) is 1. The molecule has 1 aliphatic heterocycles. The zero-order valence-electron chi connectivity index (χ0n) is 13.1. The van der Waals surface area contributed by atoms with Crippen LogP contribution < -0.4 is 11.1 Å². The van der Waals surface area contributed by atoms with E-state index in [9.17, 15) is 14.4 Å². The molecule has 7 nitrogen and oxygen atoms in total. The van der Waals surface area contributed by atoms with Gasteiger partial charge in [0.1, 0.15) is 0 Å². The Morgan fingerprint density at radius 1 is 1.14 bits per heavy atom. The molecule has 0 bridgehead atoms. The summed E-state index contributed by atoms with van der Waals surface area (Å²) in [5.41, 5.74) is 5.34. The van der Waals surface area contributed by atoms with Gasteiger partial charge in [-0.15, -0.1) is 0 Å². The summed E-state index contributed by atoms with van der Waals surface area (Å²) in [7, 11) is 0. The highest BCUT2D eigenvalue weighted by atomic mass is 16.4. The number of nitrogens with two attached hydrogens (primary N) is 1. The first-order valence-electron chi connectivity index (χ1n) is 8.02. The van der Waals surface area contributed by atoms with Gasteiger partial charge in [0.25, 0.3) is 0 Å². The van der Waals surface area contributed by atoms with Gasteiger partial charge in [0, 0.05) is 44.9 Å². The zero-order chi connectivity index (χ0) is 16.4. The van der Waals surface area contributed by atoms with E-state index < -0.39 is 5.97 Å². The summed E-state index contributed by atoms with van der Waals surface area (Å²) in [6.07, 6.45) is 4.82. The van der Waals surface area contributed by atoms with Crippen molar-refractivity contribution in [3.63, 3.8) is 0 Å². The summed E-state index contributed by atoms with van der Waals surface area (Å²) in [4.78, 5) is 36.1. The summed E-state index contributed by atoms with van der Waals surface area (Å²) in [5.74, 6) is -0.851. The molecule has 1 saturated heterocycles. The van der Waals surface area contributed by atoms with Crippen molar-refractivity contribution in [2.75, 3.05) is 19.6 Å². The summed E-state index contributed by atoms with van der Waals surface area (Å²) in [6.45, 7) is 1.51. The van der Waals surface area contributed by atoms with E-state index in [0.29, 0.717) is 38.8 Å². The molecule has 22 heavy (non-hydrogen) atoms. The second-order valence-electron chi connectivity index (χ2n) is 5.68. The summed E-state index contributed by atoms with van der Waals surface area (Å²) in [6, 6.07) is 0.0439. The topological polar surface area (TPSA) is 113 Å². The SMILES string of the molecule is NCCC(=O)NCC1CCCCN1C(=O)CCCCC(=O)O. The minimum atomic E-state index is -0.828. The lowest BCUT2D eigenvalue weighted by atomic mass is 10.0. The average molecular weight is 313 g/mol. The second-order valence-corrected chi connectivity index (χ2v) is 5.68. The van der Waals surface area contributed by atoms with Gasteiger partial charge in [-0.05, 0) is 32.1 Å². The van der Waals surface area contributed by atoms with Crippen molar-refractivity contribution in [3.05, 3.63) is 0 Å². The standard InChI is InChI=1S/C15H27N3O4/c16-9-8-13(19)17-11-12-5-3-4-10-18(12)14(20)6-1-2-7-15(21)22/h12H,1-11,16H2,(H,17,19)(H,21,22). The van der Waals surface area contributed by atoms with E-state index in [2.05, 4.69) is 5.32 Å². The second kappa shape index (κ2) is 10.2. The molecular formula is C15H27N3O4. The molecule has 1 atom stereocenters. The first-order chi connectivity index (χ1) is 10.5. The van der Waals surface area contributed by atoms with Crippen LogP contribution >= 0.6 is 0 Å². The number of piperidine rings is 1. The van der Waals surface area contributed by atoms with E-state index in [-0.39, 0.29) is 24.3 Å². The molecule has 0 aromatic carbocycles. The van der Waals surface area contributed by atoms with Crippen LogP contribution in [-0.4, -0.2) is 53.5 Å². The number of unbranched alkanes of at least 4 members (excludes halogenated alkanes) is 1. The van der Waals surface area contributed by atoms with Crippen LogP contribution in [0, 0.1) is 0 Å². The summed E-state index contributed by atoms with van der Waals surface area (Å²) < 4.78 is 0. The summed E-state index contributed by atoms with van der Waals surface area (Å²) >= 11 is 0. The van der Waals surface area contributed by atoms with E-state index in [1.54, 1.807) is 0 Å². The molecule has 0 radical (unpaired) electrons. The van der Waals surface area contributed by atoms with Crippen LogP contribution in [0.25, 0.3) is 0 Å². The fourth-order valence-corrected chi connectivity index (χ4v) is 2.69. The van der Waals surface area contributed by atoms with E-state index in [4.69, 9.17) is 10.8 Å². The van der Waals surface area contributed by atoms with Crippen LogP contribution in [0.3, 0.4) is 0 Å². The number of rotatable bonds is 9. The number of carbonyl (C=O) groups excluding carboxylic acids is 2. The predicted molar refractivity (Wildman–Crippen MR) is 82.1 cm³/mol. The van der Waals surface area contributed by atoms with Crippen molar-refractivity contribution in [2.45, 2.75) is 57.4 Å². The first kappa shape index (κ1) is 18.4. The average Bonchev–Trinajstić information content (AvgIpc) is 2.49. The molecule has 0 aliphatic carbocycles. The maximum absolute atomic E-state index is 12.3. The van der Waals surface area contributed by atoms with E-state index in [1.807, 2.05) is 4.90 Å². The third-order valence-electron chi connectivity index (χ3n) is 3.89. The lowest BCUT2D eigenvalue weighted by Gasteiger charge is -2.36. The van der Waals surface area contributed by atoms with Gasteiger partial charge in [-0.25, -0.2) is 0 Å². The molecule has 0 aromatic rings. The number of hydrogen-bond donors (Lipinski definition) is 3. The van der Waals surface area contributed by atoms with Crippen molar-refractivity contribution < 1.29 is 19.5 Å². The minimum Gasteiger partial charge on any atom is -0.481 e. The molecule has 0 saturated carbocycles. The van der Waals surface area contributed by atoms with Gasteiger partial charge in [0.2, 0.25) is 11.8 Å². The third kappa shape index (κ3) is 6.89. The van der Waals surface area contributed by atoms with Crippen molar-refractivity contribution in [1.29, 1.82) is 0 Å². The number of carbonyl (C=O) groups is 3. The number of amides is 2. The minimum absolute atomic E-state index is 0.0439. The largest absolute Gasteiger partial charge is 0.481 e. The maximum Gasteiger partial charge on any atom is 0.303 e. The number of carboxylic acids is 1. The van der Waals surface area contributed by atoms with Gasteiger partial charge in [0.05, 0.1) is 0 Å². The molecule has 1 fully saturated rings. The molecule has 1 heterocycles. The molecule has 7 heteroatoms. The molecule has 1 aliphatic rings. The quantitative estimate of drug-likeness (QED) is 0.536.